The van der Waals surface area contributed by atoms with Gasteiger partial charge in [0.2, 0.25) is 0 Å². The normalized spacial score (nSPS) is 9.93. The first-order valence-electron chi connectivity index (χ1n) is 3.36. The molecule has 0 aromatic carbocycles. The average Bonchev–Trinajstić information content (AvgIpc) is 2.42. The van der Waals surface area contributed by atoms with Gasteiger partial charge in [0.15, 0.2) is 5.10 Å². The van der Waals surface area contributed by atoms with Crippen LogP contribution in [0.25, 0.3) is 0 Å². The van der Waals surface area contributed by atoms with Crippen LogP contribution in [0.2, 0.25) is 0 Å². The van der Waals surface area contributed by atoms with E-state index < -0.39 is 32.1 Å². The number of nitrogens with zero attached hydrogens (tertiary/aromatic N) is 5. The largest absolute Gasteiger partial charge is 0.498 e. The summed E-state index contributed by atoms with van der Waals surface area (Å²) in [5.74, 6) is -2.17. The maximum Gasteiger partial charge on any atom is 0.498 e. The first kappa shape index (κ1) is 10.5. The summed E-state index contributed by atoms with van der Waals surface area (Å²) >= 11 is 0. The van der Waals surface area contributed by atoms with Gasteiger partial charge in [-0.1, -0.05) is 0 Å². The minimum atomic E-state index is -1.22. The number of aryl methyl sites for hydroxylation is 1. The van der Waals surface area contributed by atoms with Gasteiger partial charge in [0.25, 0.3) is 0 Å². The van der Waals surface area contributed by atoms with Crippen LogP contribution in [0.5, 0.6) is 0 Å². The second kappa shape index (κ2) is 3.28. The minimum absolute atomic E-state index is 0.482. The van der Waals surface area contributed by atoms with E-state index in [1.807, 2.05) is 0 Å². The van der Waals surface area contributed by atoms with Gasteiger partial charge in [-0.15, -0.1) is 0 Å². The molecule has 0 bridgehead atoms. The topological polar surface area (TPSA) is 147 Å². The molecule has 0 atom stereocenters. The Hall–Kier alpha value is -2.59. The summed E-state index contributed by atoms with van der Waals surface area (Å²) in [4.78, 5) is 27.7. The molecule has 1 heterocycles. The lowest BCUT2D eigenvalue weighted by Gasteiger charge is -1.89. The van der Waals surface area contributed by atoms with Crippen LogP contribution in [-0.2, 0) is 7.05 Å². The first-order chi connectivity index (χ1) is 6.86. The highest BCUT2D eigenvalue weighted by atomic mass is 16.7. The zero-order valence-corrected chi connectivity index (χ0v) is 7.19. The molecule has 0 radical (unpaired) electrons. The van der Waals surface area contributed by atoms with Gasteiger partial charge in [-0.25, -0.2) is 0 Å². The molecule has 11 heteroatoms. The smallest absolute Gasteiger partial charge is 0.358 e. The lowest BCUT2D eigenvalue weighted by molar-refractivity contribution is -0.441. The van der Waals surface area contributed by atoms with E-state index in [4.69, 9.17) is 0 Å². The Balaban J connectivity index is 3.59. The maximum atomic E-state index is 10.4. The fourth-order valence-corrected chi connectivity index (χ4v) is 0.981. The lowest BCUT2D eigenvalue weighted by Crippen LogP contribution is -2.00. The standard InChI is InChI=1S/C4H3N5O6/c1-6-4(9(14)15)2(7(10)11)3(5-6)8(12)13/h1H3. The van der Waals surface area contributed by atoms with E-state index in [1.54, 1.807) is 0 Å². The van der Waals surface area contributed by atoms with Crippen molar-refractivity contribution in [2.24, 2.45) is 7.05 Å². The van der Waals surface area contributed by atoms with Crippen molar-refractivity contribution in [2.45, 2.75) is 0 Å². The van der Waals surface area contributed by atoms with E-state index in [1.165, 1.54) is 0 Å². The van der Waals surface area contributed by atoms with Crippen LogP contribution in [0.1, 0.15) is 0 Å². The lowest BCUT2D eigenvalue weighted by atomic mass is 10.5. The molecule has 0 unspecified atom stereocenters. The van der Waals surface area contributed by atoms with Gasteiger partial charge in [-0.2, -0.15) is 0 Å². The number of rotatable bonds is 3. The Kier molecular flexibility index (Phi) is 2.30. The van der Waals surface area contributed by atoms with Crippen molar-refractivity contribution in [3.63, 3.8) is 0 Å². The van der Waals surface area contributed by atoms with Crippen LogP contribution in [0.3, 0.4) is 0 Å². The summed E-state index contributed by atoms with van der Waals surface area (Å²) in [5, 5.41) is 34.2. The van der Waals surface area contributed by atoms with E-state index in [-0.39, 0.29) is 0 Å². The van der Waals surface area contributed by atoms with Crippen LogP contribution in [-0.4, -0.2) is 24.6 Å². The summed E-state index contributed by atoms with van der Waals surface area (Å²) < 4.78 is 0.482. The van der Waals surface area contributed by atoms with Gasteiger partial charge in [-0.3, -0.25) is 10.1 Å². The van der Waals surface area contributed by atoms with Gasteiger partial charge in [0.1, 0.15) is 7.05 Å². The van der Waals surface area contributed by atoms with Crippen molar-refractivity contribution in [3.8, 4) is 0 Å². The van der Waals surface area contributed by atoms with Crippen molar-refractivity contribution >= 4 is 17.3 Å². The molecule has 0 saturated heterocycles. The fraction of sp³-hybridized carbons (Fsp3) is 0.250. The van der Waals surface area contributed by atoms with Gasteiger partial charge >= 0.3 is 17.3 Å². The minimum Gasteiger partial charge on any atom is -0.358 e. The number of nitro groups is 3. The van der Waals surface area contributed by atoms with Crippen LogP contribution in [0.4, 0.5) is 17.3 Å². The van der Waals surface area contributed by atoms with Crippen molar-refractivity contribution in [1.82, 2.24) is 9.78 Å². The monoisotopic (exact) mass is 217 g/mol. The summed E-state index contributed by atoms with van der Waals surface area (Å²) in [7, 11) is 1.01. The molecule has 15 heavy (non-hydrogen) atoms. The highest BCUT2D eigenvalue weighted by molar-refractivity contribution is 5.59. The van der Waals surface area contributed by atoms with E-state index >= 15 is 0 Å². The molecule has 0 aliphatic rings. The quantitative estimate of drug-likeness (QED) is 0.516. The second-order valence-corrected chi connectivity index (χ2v) is 2.39. The molecule has 0 saturated carbocycles. The van der Waals surface area contributed by atoms with Gasteiger partial charge in [0.05, 0.1) is 4.92 Å². The molecule has 0 aliphatic carbocycles. The molecule has 1 aromatic rings. The number of aromatic nitrogens is 2. The average molecular weight is 217 g/mol. The Bertz CT molecular complexity index is 462. The zero-order chi connectivity index (χ0) is 11.7. The summed E-state index contributed by atoms with van der Waals surface area (Å²) in [5.41, 5.74) is -1.22. The van der Waals surface area contributed by atoms with Crippen LogP contribution < -0.4 is 0 Å². The van der Waals surface area contributed by atoms with Crippen LogP contribution >= 0.6 is 0 Å². The molecule has 0 aliphatic heterocycles. The van der Waals surface area contributed by atoms with E-state index in [0.29, 0.717) is 4.68 Å². The Morgan fingerprint density at radius 3 is 1.93 bits per heavy atom. The summed E-state index contributed by atoms with van der Waals surface area (Å²) in [6.07, 6.45) is 0. The third-order valence-electron chi connectivity index (χ3n) is 1.50. The van der Waals surface area contributed by atoms with E-state index in [9.17, 15) is 30.3 Å². The predicted octanol–water partition coefficient (Wildman–Crippen LogP) is 0.145. The molecule has 0 N–H and O–H groups in total. The van der Waals surface area contributed by atoms with E-state index in [2.05, 4.69) is 5.10 Å². The second-order valence-electron chi connectivity index (χ2n) is 2.39. The third kappa shape index (κ3) is 1.56. The third-order valence-corrected chi connectivity index (χ3v) is 1.50. The summed E-state index contributed by atoms with van der Waals surface area (Å²) in [6, 6.07) is 0. The molecule has 11 nitrogen and oxygen atoms in total. The molecule has 0 spiro atoms. The van der Waals surface area contributed by atoms with Crippen LogP contribution in [0, 0.1) is 30.3 Å². The van der Waals surface area contributed by atoms with E-state index in [0.717, 1.165) is 7.05 Å². The SMILES string of the molecule is Cn1nc([N+](=O)[O-])c([N+](=O)[O-])c1[N+](=O)[O-]. The van der Waals surface area contributed by atoms with Gasteiger partial charge < -0.3 is 20.2 Å². The predicted molar refractivity (Wildman–Crippen MR) is 43.2 cm³/mol. The fourth-order valence-electron chi connectivity index (χ4n) is 0.981. The number of hydrogen-bond acceptors (Lipinski definition) is 7. The van der Waals surface area contributed by atoms with Crippen molar-refractivity contribution in [2.75, 3.05) is 0 Å². The Morgan fingerprint density at radius 1 is 1.07 bits per heavy atom. The van der Waals surface area contributed by atoms with Crippen molar-refractivity contribution < 1.29 is 14.8 Å². The first-order valence-corrected chi connectivity index (χ1v) is 3.36. The summed E-state index contributed by atoms with van der Waals surface area (Å²) in [6.45, 7) is 0. The Morgan fingerprint density at radius 2 is 1.60 bits per heavy atom. The molecule has 1 aromatic heterocycles. The van der Waals surface area contributed by atoms with Crippen molar-refractivity contribution in [1.29, 1.82) is 0 Å². The molecule has 80 valence electrons. The van der Waals surface area contributed by atoms with Crippen LogP contribution in [0.15, 0.2) is 0 Å². The number of hydrogen-bond donors (Lipinski definition) is 0. The highest BCUT2D eigenvalue weighted by Crippen LogP contribution is 2.34. The van der Waals surface area contributed by atoms with Crippen molar-refractivity contribution in [3.05, 3.63) is 30.3 Å². The molecule has 1 rings (SSSR count). The zero-order valence-electron chi connectivity index (χ0n) is 7.19. The van der Waals surface area contributed by atoms with Gasteiger partial charge in [-0.05, 0) is 14.5 Å². The molecule has 0 amide bonds. The maximum absolute atomic E-state index is 10.4. The molecule has 0 fully saturated rings. The van der Waals surface area contributed by atoms with Gasteiger partial charge in [0, 0.05) is 0 Å². The Labute approximate surface area is 80.4 Å². The molecular formula is C4H3N5O6. The molecular weight excluding hydrogens is 214 g/mol. The highest BCUT2D eigenvalue weighted by Gasteiger charge is 2.44.